The quantitative estimate of drug-likeness (QED) is 0.501. The molecule has 0 spiro atoms. The standard InChI is InChI=1S/C23H22ClN5O2/c1-15(2)16-7-9-18(10-8-16)29-22-19(12-27-29)23(31)28(14-26-22)13-21(30)25-11-17-5-3-4-6-20(17)24/h3-10,12,14-15H,11,13H2,1-2H3,(H,25,30). The fourth-order valence-electron chi connectivity index (χ4n) is 3.30. The molecule has 1 N–H and O–H groups in total. The maximum absolute atomic E-state index is 12.8. The second-order valence-corrected chi connectivity index (χ2v) is 7.99. The van der Waals surface area contributed by atoms with Gasteiger partial charge in [0.1, 0.15) is 18.3 Å². The molecule has 0 radical (unpaired) electrons. The molecule has 0 aliphatic heterocycles. The van der Waals surface area contributed by atoms with E-state index in [1.807, 2.05) is 42.5 Å². The third kappa shape index (κ3) is 4.36. The van der Waals surface area contributed by atoms with E-state index in [1.165, 1.54) is 22.7 Å². The van der Waals surface area contributed by atoms with E-state index in [4.69, 9.17) is 11.6 Å². The van der Waals surface area contributed by atoms with Crippen molar-refractivity contribution >= 4 is 28.5 Å². The van der Waals surface area contributed by atoms with Crippen molar-refractivity contribution < 1.29 is 4.79 Å². The Labute approximate surface area is 184 Å². The van der Waals surface area contributed by atoms with Gasteiger partial charge in [-0.2, -0.15) is 5.10 Å². The van der Waals surface area contributed by atoms with Gasteiger partial charge >= 0.3 is 0 Å². The summed E-state index contributed by atoms with van der Waals surface area (Å²) in [6, 6.07) is 15.3. The monoisotopic (exact) mass is 435 g/mol. The number of halogens is 1. The van der Waals surface area contributed by atoms with Crippen LogP contribution < -0.4 is 10.9 Å². The summed E-state index contributed by atoms with van der Waals surface area (Å²) in [5, 5.41) is 8.05. The van der Waals surface area contributed by atoms with E-state index in [0.717, 1.165) is 11.3 Å². The van der Waals surface area contributed by atoms with Crippen molar-refractivity contribution in [3.63, 3.8) is 0 Å². The molecule has 31 heavy (non-hydrogen) atoms. The molecule has 0 atom stereocenters. The van der Waals surface area contributed by atoms with Gasteiger partial charge in [-0.15, -0.1) is 0 Å². The Morgan fingerprint density at radius 2 is 1.87 bits per heavy atom. The molecule has 2 heterocycles. The van der Waals surface area contributed by atoms with Crippen molar-refractivity contribution in [2.45, 2.75) is 32.9 Å². The van der Waals surface area contributed by atoms with Crippen molar-refractivity contribution in [1.29, 1.82) is 0 Å². The van der Waals surface area contributed by atoms with E-state index in [2.05, 4.69) is 29.2 Å². The van der Waals surface area contributed by atoms with E-state index in [0.29, 0.717) is 22.0 Å². The lowest BCUT2D eigenvalue weighted by atomic mass is 10.0. The molecular formula is C23H22ClN5O2. The van der Waals surface area contributed by atoms with Crippen molar-refractivity contribution in [1.82, 2.24) is 24.6 Å². The number of carbonyl (C=O) groups excluding carboxylic acids is 1. The molecule has 4 aromatic rings. The van der Waals surface area contributed by atoms with Gasteiger partial charge in [-0.25, -0.2) is 9.67 Å². The normalized spacial score (nSPS) is 11.2. The van der Waals surface area contributed by atoms with Gasteiger partial charge in [0.25, 0.3) is 5.56 Å². The van der Waals surface area contributed by atoms with Crippen molar-refractivity contribution in [2.24, 2.45) is 0 Å². The van der Waals surface area contributed by atoms with Crippen LogP contribution in [0.15, 0.2) is 65.8 Å². The molecule has 0 saturated carbocycles. The van der Waals surface area contributed by atoms with Gasteiger partial charge in [-0.3, -0.25) is 14.2 Å². The van der Waals surface area contributed by atoms with Crippen LogP contribution >= 0.6 is 11.6 Å². The summed E-state index contributed by atoms with van der Waals surface area (Å²) < 4.78 is 2.90. The average Bonchev–Trinajstić information content (AvgIpc) is 3.20. The topological polar surface area (TPSA) is 81.8 Å². The first-order chi connectivity index (χ1) is 14.9. The van der Waals surface area contributed by atoms with E-state index >= 15 is 0 Å². The summed E-state index contributed by atoms with van der Waals surface area (Å²) in [5.74, 6) is 0.123. The van der Waals surface area contributed by atoms with Crippen LogP contribution in [0.25, 0.3) is 16.7 Å². The Morgan fingerprint density at radius 1 is 1.13 bits per heavy atom. The van der Waals surface area contributed by atoms with Gasteiger partial charge in [0.15, 0.2) is 5.65 Å². The molecule has 0 aliphatic rings. The van der Waals surface area contributed by atoms with Gasteiger partial charge < -0.3 is 5.32 Å². The number of nitrogens with one attached hydrogen (secondary N) is 1. The number of aromatic nitrogens is 4. The number of fused-ring (bicyclic) bond motifs is 1. The van der Waals surface area contributed by atoms with Crippen LogP contribution in [0.4, 0.5) is 0 Å². The first kappa shape index (κ1) is 20.8. The summed E-state index contributed by atoms with van der Waals surface area (Å²) in [6.07, 6.45) is 2.86. The molecule has 0 saturated heterocycles. The Morgan fingerprint density at radius 3 is 2.58 bits per heavy atom. The summed E-state index contributed by atoms with van der Waals surface area (Å²) in [7, 11) is 0. The van der Waals surface area contributed by atoms with E-state index in [1.54, 1.807) is 10.7 Å². The molecule has 0 bridgehead atoms. The number of nitrogens with zero attached hydrogens (tertiary/aromatic N) is 4. The molecular weight excluding hydrogens is 414 g/mol. The van der Waals surface area contributed by atoms with E-state index in [9.17, 15) is 9.59 Å². The molecule has 2 aromatic carbocycles. The third-order valence-electron chi connectivity index (χ3n) is 5.11. The van der Waals surface area contributed by atoms with Crippen LogP contribution in [-0.2, 0) is 17.9 Å². The minimum atomic E-state index is -0.317. The molecule has 0 unspecified atom stereocenters. The van der Waals surface area contributed by atoms with E-state index < -0.39 is 0 Å². The van der Waals surface area contributed by atoms with E-state index in [-0.39, 0.29) is 24.6 Å². The molecule has 158 valence electrons. The lowest BCUT2D eigenvalue weighted by molar-refractivity contribution is -0.121. The number of rotatable bonds is 6. The maximum Gasteiger partial charge on any atom is 0.264 e. The smallest absolute Gasteiger partial charge is 0.264 e. The first-order valence-electron chi connectivity index (χ1n) is 9.97. The van der Waals surface area contributed by atoms with Crippen LogP contribution in [0.2, 0.25) is 5.02 Å². The zero-order valence-electron chi connectivity index (χ0n) is 17.2. The molecule has 7 nitrogen and oxygen atoms in total. The summed E-state index contributed by atoms with van der Waals surface area (Å²) in [6.45, 7) is 4.41. The lowest BCUT2D eigenvalue weighted by Gasteiger charge is -2.09. The third-order valence-corrected chi connectivity index (χ3v) is 5.48. The molecule has 0 fully saturated rings. The highest BCUT2D eigenvalue weighted by atomic mass is 35.5. The van der Waals surface area contributed by atoms with Crippen LogP contribution in [0.5, 0.6) is 0 Å². The number of hydrogen-bond acceptors (Lipinski definition) is 4. The minimum absolute atomic E-state index is 0.138. The van der Waals surface area contributed by atoms with Gasteiger partial charge in [0.2, 0.25) is 5.91 Å². The average molecular weight is 436 g/mol. The molecule has 8 heteroatoms. The fraction of sp³-hybridized carbons (Fsp3) is 0.217. The van der Waals surface area contributed by atoms with Gasteiger partial charge in [-0.1, -0.05) is 55.8 Å². The molecule has 4 rings (SSSR count). The van der Waals surface area contributed by atoms with Crippen molar-refractivity contribution in [2.75, 3.05) is 0 Å². The highest BCUT2D eigenvalue weighted by Gasteiger charge is 2.13. The summed E-state index contributed by atoms with van der Waals surface area (Å²) in [5.41, 5.74) is 2.99. The van der Waals surface area contributed by atoms with Crippen LogP contribution in [-0.4, -0.2) is 25.2 Å². The highest BCUT2D eigenvalue weighted by molar-refractivity contribution is 6.31. The fourth-order valence-corrected chi connectivity index (χ4v) is 3.50. The zero-order chi connectivity index (χ0) is 22.0. The van der Waals surface area contributed by atoms with Gasteiger partial charge in [0, 0.05) is 11.6 Å². The second-order valence-electron chi connectivity index (χ2n) is 7.59. The summed E-state index contributed by atoms with van der Waals surface area (Å²) >= 11 is 6.11. The second kappa shape index (κ2) is 8.73. The van der Waals surface area contributed by atoms with Crippen molar-refractivity contribution in [3.8, 4) is 5.69 Å². The number of benzene rings is 2. The van der Waals surface area contributed by atoms with Gasteiger partial charge in [0.05, 0.1) is 11.9 Å². The van der Waals surface area contributed by atoms with Crippen molar-refractivity contribution in [3.05, 3.63) is 87.6 Å². The summed E-state index contributed by atoms with van der Waals surface area (Å²) in [4.78, 5) is 29.6. The Hall–Kier alpha value is -3.45. The van der Waals surface area contributed by atoms with Crippen LogP contribution in [0.3, 0.4) is 0 Å². The molecule has 0 aliphatic carbocycles. The SMILES string of the molecule is CC(C)c1ccc(-n2ncc3c(=O)n(CC(=O)NCc4ccccc4Cl)cnc32)cc1. The Kier molecular flexibility index (Phi) is 5.86. The number of hydrogen-bond donors (Lipinski definition) is 1. The number of carbonyl (C=O) groups is 1. The predicted octanol–water partition coefficient (Wildman–Crippen LogP) is 3.68. The maximum atomic E-state index is 12.8. The Bertz CT molecular complexity index is 1290. The zero-order valence-corrected chi connectivity index (χ0v) is 18.0. The largest absolute Gasteiger partial charge is 0.350 e. The highest BCUT2D eigenvalue weighted by Crippen LogP contribution is 2.19. The van der Waals surface area contributed by atoms with Crippen LogP contribution in [0, 0.1) is 0 Å². The molecule has 1 amide bonds. The van der Waals surface area contributed by atoms with Gasteiger partial charge in [-0.05, 0) is 35.2 Å². The number of amides is 1. The lowest BCUT2D eigenvalue weighted by Crippen LogP contribution is -2.32. The predicted molar refractivity (Wildman–Crippen MR) is 121 cm³/mol. The molecule has 2 aromatic heterocycles. The Balaban J connectivity index is 1.53. The first-order valence-corrected chi connectivity index (χ1v) is 10.4. The van der Waals surface area contributed by atoms with Crippen LogP contribution in [0.1, 0.15) is 30.9 Å². The minimum Gasteiger partial charge on any atom is -0.350 e.